The minimum atomic E-state index is -0.182. The number of carbonyl (C=O) groups excluding carboxylic acids is 1. The number of hydrogen-bond acceptors (Lipinski definition) is 2. The molecule has 0 heterocycles. The molecule has 2 rings (SSSR count). The van der Waals surface area contributed by atoms with Crippen LogP contribution in [0.2, 0.25) is 0 Å². The fourth-order valence-corrected chi connectivity index (χ4v) is 3.87. The third kappa shape index (κ3) is 3.36. The molecule has 2 atom stereocenters. The first-order valence-corrected chi connectivity index (χ1v) is 9.01. The Balaban J connectivity index is 2.16. The minimum absolute atomic E-state index is 0.0404. The standard InChI is InChI=1S/C20H26Cl2O2/c1-10-11(2)13(4)15(14(5)12(10)3)9-24-19(23)18-16(8-17(21)22)20(18,6)7/h8,16,18H,9H2,1-7H3. The number of esters is 1. The predicted molar refractivity (Wildman–Crippen MR) is 100 cm³/mol. The van der Waals surface area contributed by atoms with E-state index in [2.05, 4.69) is 34.6 Å². The van der Waals surface area contributed by atoms with E-state index in [9.17, 15) is 4.79 Å². The van der Waals surface area contributed by atoms with E-state index in [1.807, 2.05) is 13.8 Å². The van der Waals surface area contributed by atoms with Gasteiger partial charge in [0.15, 0.2) is 0 Å². The van der Waals surface area contributed by atoms with Crippen LogP contribution in [0.3, 0.4) is 0 Å². The van der Waals surface area contributed by atoms with Gasteiger partial charge in [0.05, 0.1) is 5.92 Å². The summed E-state index contributed by atoms with van der Waals surface area (Å²) in [5.74, 6) is -0.317. The molecule has 1 aromatic carbocycles. The van der Waals surface area contributed by atoms with Crippen molar-refractivity contribution in [1.82, 2.24) is 0 Å². The van der Waals surface area contributed by atoms with E-state index in [1.165, 1.54) is 27.8 Å². The average molecular weight is 369 g/mol. The molecule has 2 unspecified atom stereocenters. The van der Waals surface area contributed by atoms with Crippen molar-refractivity contribution in [3.63, 3.8) is 0 Å². The highest BCUT2D eigenvalue weighted by atomic mass is 35.5. The van der Waals surface area contributed by atoms with Crippen LogP contribution in [-0.2, 0) is 16.1 Å². The first-order chi connectivity index (χ1) is 11.0. The zero-order chi connectivity index (χ0) is 18.4. The molecular weight excluding hydrogens is 343 g/mol. The number of hydrogen-bond donors (Lipinski definition) is 0. The van der Waals surface area contributed by atoms with Gasteiger partial charge in [0, 0.05) is 0 Å². The van der Waals surface area contributed by atoms with Crippen LogP contribution in [0, 0.1) is 51.9 Å². The second kappa shape index (κ2) is 6.72. The maximum absolute atomic E-state index is 12.5. The van der Waals surface area contributed by atoms with Gasteiger partial charge in [-0.1, -0.05) is 37.0 Å². The van der Waals surface area contributed by atoms with Crippen LogP contribution < -0.4 is 0 Å². The van der Waals surface area contributed by atoms with Crippen LogP contribution in [0.4, 0.5) is 0 Å². The van der Waals surface area contributed by atoms with Gasteiger partial charge in [-0.05, 0) is 85.4 Å². The summed E-state index contributed by atoms with van der Waals surface area (Å²) in [6, 6.07) is 0. The fraction of sp³-hybridized carbons (Fsp3) is 0.550. The molecule has 24 heavy (non-hydrogen) atoms. The lowest BCUT2D eigenvalue weighted by molar-refractivity contribution is -0.147. The van der Waals surface area contributed by atoms with Crippen molar-refractivity contribution < 1.29 is 9.53 Å². The highest BCUT2D eigenvalue weighted by Gasteiger charge is 2.61. The van der Waals surface area contributed by atoms with Gasteiger partial charge in [-0.15, -0.1) is 0 Å². The normalized spacial score (nSPS) is 21.4. The first kappa shape index (κ1) is 19.3. The maximum Gasteiger partial charge on any atom is 0.310 e. The molecule has 4 heteroatoms. The Hall–Kier alpha value is -0.990. The number of halogens is 2. The van der Waals surface area contributed by atoms with Crippen molar-refractivity contribution in [1.29, 1.82) is 0 Å². The average Bonchev–Trinajstić information content (AvgIpc) is 3.02. The zero-order valence-electron chi connectivity index (χ0n) is 15.5. The topological polar surface area (TPSA) is 26.3 Å². The lowest BCUT2D eigenvalue weighted by Crippen LogP contribution is -2.13. The molecule has 0 aromatic heterocycles. The summed E-state index contributed by atoms with van der Waals surface area (Å²) in [6.07, 6.45) is 1.74. The third-order valence-corrected chi connectivity index (χ3v) is 6.24. The van der Waals surface area contributed by atoms with Crippen LogP contribution in [-0.4, -0.2) is 5.97 Å². The Labute approximate surface area is 155 Å². The predicted octanol–water partition coefficient (Wildman–Crippen LogP) is 5.86. The Morgan fingerprint density at radius 2 is 1.46 bits per heavy atom. The molecule has 1 aliphatic carbocycles. The summed E-state index contributed by atoms with van der Waals surface area (Å²) in [5.41, 5.74) is 7.22. The lowest BCUT2D eigenvalue weighted by Gasteiger charge is -2.18. The molecule has 0 saturated heterocycles. The molecule has 1 aliphatic rings. The second-order valence-corrected chi connectivity index (χ2v) is 8.50. The monoisotopic (exact) mass is 368 g/mol. The lowest BCUT2D eigenvalue weighted by atomic mass is 9.90. The van der Waals surface area contributed by atoms with Crippen molar-refractivity contribution in [3.05, 3.63) is 43.9 Å². The summed E-state index contributed by atoms with van der Waals surface area (Å²) >= 11 is 11.5. The van der Waals surface area contributed by atoms with Crippen LogP contribution in [0.1, 0.15) is 47.2 Å². The molecule has 0 amide bonds. The molecule has 0 aliphatic heterocycles. The van der Waals surface area contributed by atoms with Crippen molar-refractivity contribution in [2.45, 2.75) is 55.1 Å². The molecule has 1 saturated carbocycles. The molecule has 0 bridgehead atoms. The number of carbonyl (C=O) groups is 1. The van der Waals surface area contributed by atoms with E-state index < -0.39 is 0 Å². The van der Waals surface area contributed by atoms with E-state index in [0.29, 0.717) is 6.61 Å². The minimum Gasteiger partial charge on any atom is -0.461 e. The first-order valence-electron chi connectivity index (χ1n) is 8.25. The number of allylic oxidation sites excluding steroid dienone is 1. The number of rotatable bonds is 4. The van der Waals surface area contributed by atoms with Crippen molar-refractivity contribution in [2.24, 2.45) is 17.3 Å². The summed E-state index contributed by atoms with van der Waals surface area (Å²) in [4.78, 5) is 12.5. The fourth-order valence-electron chi connectivity index (χ4n) is 3.60. The summed E-state index contributed by atoms with van der Waals surface area (Å²) in [7, 11) is 0. The van der Waals surface area contributed by atoms with Gasteiger partial charge in [0.25, 0.3) is 0 Å². The molecular formula is C20H26Cl2O2. The van der Waals surface area contributed by atoms with Gasteiger partial charge in [-0.2, -0.15) is 0 Å². The Morgan fingerprint density at radius 1 is 1.00 bits per heavy atom. The quantitative estimate of drug-likeness (QED) is 0.621. The summed E-state index contributed by atoms with van der Waals surface area (Å²) in [5, 5.41) is 0. The molecule has 0 N–H and O–H groups in total. The SMILES string of the molecule is Cc1c(C)c(C)c(COC(=O)C2C(C=C(Cl)Cl)C2(C)C)c(C)c1C. The van der Waals surface area contributed by atoms with E-state index in [1.54, 1.807) is 6.08 Å². The highest BCUT2D eigenvalue weighted by molar-refractivity contribution is 6.55. The van der Waals surface area contributed by atoms with Gasteiger partial charge >= 0.3 is 5.97 Å². The van der Waals surface area contributed by atoms with Crippen LogP contribution >= 0.6 is 23.2 Å². The zero-order valence-corrected chi connectivity index (χ0v) is 17.0. The van der Waals surface area contributed by atoms with Crippen LogP contribution in [0.5, 0.6) is 0 Å². The van der Waals surface area contributed by atoms with E-state index in [-0.39, 0.29) is 27.7 Å². The molecule has 132 valence electrons. The van der Waals surface area contributed by atoms with E-state index in [0.717, 1.165) is 5.56 Å². The Bertz CT molecular complexity index is 684. The van der Waals surface area contributed by atoms with Gasteiger partial charge < -0.3 is 4.74 Å². The second-order valence-electron chi connectivity index (χ2n) is 7.49. The molecule has 0 radical (unpaired) electrons. The summed E-state index contributed by atoms with van der Waals surface area (Å²) in [6.45, 7) is 15.0. The largest absolute Gasteiger partial charge is 0.461 e. The third-order valence-electron chi connectivity index (χ3n) is 5.98. The Kier molecular flexibility index (Phi) is 5.42. The van der Waals surface area contributed by atoms with E-state index >= 15 is 0 Å². The maximum atomic E-state index is 12.5. The highest BCUT2D eigenvalue weighted by Crippen LogP contribution is 2.60. The van der Waals surface area contributed by atoms with Gasteiger partial charge in [-0.25, -0.2) is 0 Å². The van der Waals surface area contributed by atoms with Crippen LogP contribution in [0.15, 0.2) is 10.6 Å². The number of ether oxygens (including phenoxy) is 1. The smallest absolute Gasteiger partial charge is 0.310 e. The molecule has 1 aromatic rings. The van der Waals surface area contributed by atoms with Gasteiger partial charge in [0.1, 0.15) is 11.1 Å². The van der Waals surface area contributed by atoms with Gasteiger partial charge in [-0.3, -0.25) is 4.79 Å². The van der Waals surface area contributed by atoms with Crippen molar-refractivity contribution >= 4 is 29.2 Å². The van der Waals surface area contributed by atoms with Crippen molar-refractivity contribution in [3.8, 4) is 0 Å². The van der Waals surface area contributed by atoms with Gasteiger partial charge in [0.2, 0.25) is 0 Å². The molecule has 1 fully saturated rings. The van der Waals surface area contributed by atoms with Crippen molar-refractivity contribution in [2.75, 3.05) is 0 Å². The summed E-state index contributed by atoms with van der Waals surface area (Å²) < 4.78 is 5.86. The molecule has 2 nitrogen and oxygen atoms in total. The molecule has 0 spiro atoms. The Morgan fingerprint density at radius 3 is 1.92 bits per heavy atom. The number of benzene rings is 1. The van der Waals surface area contributed by atoms with E-state index in [4.69, 9.17) is 27.9 Å². The van der Waals surface area contributed by atoms with Crippen LogP contribution in [0.25, 0.3) is 0 Å².